The molecule has 3 atom stereocenters. The normalized spacial score (nSPS) is 29.6. The van der Waals surface area contributed by atoms with E-state index in [4.69, 9.17) is 10.5 Å². The van der Waals surface area contributed by atoms with Gasteiger partial charge < -0.3 is 15.8 Å². The average molecular weight is 283 g/mol. The Morgan fingerprint density at radius 1 is 1.40 bits per heavy atom. The second-order valence-electron chi connectivity index (χ2n) is 6.82. The molecule has 20 heavy (non-hydrogen) atoms. The van der Waals surface area contributed by atoms with Crippen LogP contribution in [-0.2, 0) is 9.53 Å². The number of fused-ring (bicyclic) bond motifs is 2. The van der Waals surface area contributed by atoms with E-state index in [1.54, 1.807) is 0 Å². The van der Waals surface area contributed by atoms with Crippen LogP contribution in [0.1, 0.15) is 46.5 Å². The van der Waals surface area contributed by atoms with Gasteiger partial charge >= 0.3 is 0 Å². The van der Waals surface area contributed by atoms with Gasteiger partial charge in [0, 0.05) is 19.1 Å². The van der Waals surface area contributed by atoms with Crippen LogP contribution in [0.15, 0.2) is 0 Å². The van der Waals surface area contributed by atoms with Gasteiger partial charge in [-0.25, -0.2) is 0 Å². The first-order chi connectivity index (χ1) is 9.39. The molecule has 0 radical (unpaired) electrons. The number of likely N-dealkylation sites (tertiary alicyclic amines) is 1. The molecule has 0 spiro atoms. The summed E-state index contributed by atoms with van der Waals surface area (Å²) in [5.41, 5.74) is 4.96. The molecule has 5 nitrogen and oxygen atoms in total. The second-order valence-corrected chi connectivity index (χ2v) is 6.82. The van der Waals surface area contributed by atoms with Crippen molar-refractivity contribution in [3.63, 3.8) is 0 Å². The predicted molar refractivity (Wildman–Crippen MR) is 79.4 cm³/mol. The lowest BCUT2D eigenvalue weighted by Gasteiger charge is -2.34. The van der Waals surface area contributed by atoms with Crippen LogP contribution in [-0.4, -0.2) is 54.2 Å². The average Bonchev–Trinajstić information content (AvgIpc) is 2.67. The van der Waals surface area contributed by atoms with Gasteiger partial charge in [0.05, 0.1) is 17.7 Å². The summed E-state index contributed by atoms with van der Waals surface area (Å²) < 4.78 is 5.84. The van der Waals surface area contributed by atoms with E-state index in [0.29, 0.717) is 12.2 Å². The molecule has 0 saturated carbocycles. The van der Waals surface area contributed by atoms with Gasteiger partial charge in [-0.15, -0.1) is 0 Å². The van der Waals surface area contributed by atoms with E-state index in [0.717, 1.165) is 32.5 Å². The Balaban J connectivity index is 1.77. The first-order valence-corrected chi connectivity index (χ1v) is 7.84. The van der Waals surface area contributed by atoms with E-state index in [-0.39, 0.29) is 11.9 Å². The summed E-state index contributed by atoms with van der Waals surface area (Å²) in [5, 5.41) is 3.31. The van der Waals surface area contributed by atoms with Gasteiger partial charge in [0.2, 0.25) is 5.91 Å². The van der Waals surface area contributed by atoms with Gasteiger partial charge in [-0.05, 0) is 53.0 Å². The highest BCUT2D eigenvalue weighted by Gasteiger charge is 2.34. The van der Waals surface area contributed by atoms with Crippen molar-refractivity contribution in [1.82, 2.24) is 10.2 Å². The maximum Gasteiger partial charge on any atom is 0.237 e. The summed E-state index contributed by atoms with van der Waals surface area (Å²) in [6.07, 6.45) is 5.05. The fraction of sp³-hybridized carbons (Fsp3) is 0.933. The van der Waals surface area contributed by atoms with Crippen molar-refractivity contribution in [2.24, 2.45) is 5.73 Å². The van der Waals surface area contributed by atoms with Crippen LogP contribution >= 0.6 is 0 Å². The molecule has 2 rings (SSSR count). The molecule has 0 aliphatic carbocycles. The van der Waals surface area contributed by atoms with Crippen molar-refractivity contribution in [1.29, 1.82) is 0 Å². The van der Waals surface area contributed by atoms with Crippen LogP contribution in [0.4, 0.5) is 0 Å². The van der Waals surface area contributed by atoms with Crippen LogP contribution in [0.3, 0.4) is 0 Å². The van der Waals surface area contributed by atoms with Gasteiger partial charge in [0.25, 0.3) is 0 Å². The van der Waals surface area contributed by atoms with Gasteiger partial charge in [0.1, 0.15) is 0 Å². The van der Waals surface area contributed by atoms with Crippen LogP contribution in [0.5, 0.6) is 0 Å². The number of primary amides is 1. The largest absolute Gasteiger partial charge is 0.372 e. The Hall–Kier alpha value is -0.650. The molecule has 2 saturated heterocycles. The van der Waals surface area contributed by atoms with Crippen molar-refractivity contribution < 1.29 is 9.53 Å². The third-order valence-corrected chi connectivity index (χ3v) is 4.42. The maximum absolute atomic E-state index is 11.7. The Morgan fingerprint density at radius 3 is 2.50 bits per heavy atom. The van der Waals surface area contributed by atoms with Crippen molar-refractivity contribution >= 4 is 5.91 Å². The van der Waals surface area contributed by atoms with Crippen LogP contribution in [0.25, 0.3) is 0 Å². The zero-order valence-corrected chi connectivity index (χ0v) is 13.0. The number of hydrogen-bond donors (Lipinski definition) is 2. The number of ether oxygens (including phenoxy) is 1. The summed E-state index contributed by atoms with van der Waals surface area (Å²) in [4.78, 5) is 14.2. The molecule has 116 valence electrons. The predicted octanol–water partition coefficient (Wildman–Crippen LogP) is 0.872. The van der Waals surface area contributed by atoms with Crippen LogP contribution in [0, 0.1) is 0 Å². The fourth-order valence-corrected chi connectivity index (χ4v) is 3.44. The van der Waals surface area contributed by atoms with Crippen molar-refractivity contribution in [3.8, 4) is 0 Å². The van der Waals surface area contributed by atoms with Gasteiger partial charge in [-0.1, -0.05) is 0 Å². The molecule has 2 aliphatic rings. The lowest BCUT2D eigenvalue weighted by atomic mass is 9.93. The van der Waals surface area contributed by atoms with E-state index in [1.807, 2.05) is 20.8 Å². The fourth-order valence-electron chi connectivity index (χ4n) is 3.44. The first-order valence-electron chi connectivity index (χ1n) is 7.84. The quantitative estimate of drug-likeness (QED) is 0.727. The minimum absolute atomic E-state index is 0.256. The number of nitrogens with zero attached hydrogens (tertiary/aromatic N) is 1. The molecule has 1 amide bonds. The molecule has 0 aromatic heterocycles. The monoisotopic (exact) mass is 283 g/mol. The summed E-state index contributed by atoms with van der Waals surface area (Å²) in [6.45, 7) is 9.11. The summed E-state index contributed by atoms with van der Waals surface area (Å²) >= 11 is 0. The van der Waals surface area contributed by atoms with E-state index in [2.05, 4.69) is 10.2 Å². The highest BCUT2D eigenvalue weighted by molar-refractivity contribution is 5.84. The van der Waals surface area contributed by atoms with Gasteiger partial charge in [0.15, 0.2) is 0 Å². The highest BCUT2D eigenvalue weighted by Crippen LogP contribution is 2.26. The third kappa shape index (κ3) is 3.93. The second kappa shape index (κ2) is 6.41. The Morgan fingerprint density at radius 2 is 2.00 bits per heavy atom. The van der Waals surface area contributed by atoms with Crippen molar-refractivity contribution in [3.05, 3.63) is 0 Å². The zero-order valence-electron chi connectivity index (χ0n) is 13.0. The van der Waals surface area contributed by atoms with Gasteiger partial charge in [-0.2, -0.15) is 0 Å². The molecular formula is C15H29N3O2. The molecular weight excluding hydrogens is 254 g/mol. The Bertz CT molecular complexity index is 336. The number of hydrogen-bond acceptors (Lipinski definition) is 4. The van der Waals surface area contributed by atoms with Crippen LogP contribution < -0.4 is 11.1 Å². The maximum atomic E-state index is 11.7. The molecule has 0 aromatic carbocycles. The molecule has 2 fully saturated rings. The lowest BCUT2D eigenvalue weighted by molar-refractivity contribution is -0.124. The molecule has 3 unspecified atom stereocenters. The smallest absolute Gasteiger partial charge is 0.237 e. The van der Waals surface area contributed by atoms with Gasteiger partial charge in [-0.3, -0.25) is 9.69 Å². The van der Waals surface area contributed by atoms with E-state index in [9.17, 15) is 4.79 Å². The number of amides is 1. The standard InChI is InChI=1S/C15H29N3O2/c1-11(2)17-15(3,14(16)19)7-4-8-18-9-12-5-6-13(10-18)20-12/h11-13,17H,4-10H2,1-3H3,(H2,16,19). The highest BCUT2D eigenvalue weighted by atomic mass is 16.5. The minimum Gasteiger partial charge on any atom is -0.372 e. The molecule has 2 bridgehead atoms. The molecule has 2 heterocycles. The summed E-state index contributed by atoms with van der Waals surface area (Å²) in [7, 11) is 0. The van der Waals surface area contributed by atoms with Crippen LogP contribution in [0.2, 0.25) is 0 Å². The zero-order chi connectivity index (χ0) is 14.8. The third-order valence-electron chi connectivity index (χ3n) is 4.42. The van der Waals surface area contributed by atoms with E-state index < -0.39 is 5.54 Å². The topological polar surface area (TPSA) is 67.6 Å². The number of rotatable bonds is 7. The first kappa shape index (κ1) is 15.7. The molecule has 3 N–H and O–H groups in total. The number of carbonyl (C=O) groups excluding carboxylic acids is 1. The lowest BCUT2D eigenvalue weighted by Crippen LogP contribution is -2.55. The number of carbonyl (C=O) groups is 1. The summed E-state index contributed by atoms with van der Waals surface area (Å²) in [5.74, 6) is -0.256. The van der Waals surface area contributed by atoms with E-state index >= 15 is 0 Å². The van der Waals surface area contributed by atoms with Crippen molar-refractivity contribution in [2.45, 2.75) is 70.2 Å². The SMILES string of the molecule is CC(C)NC(C)(CCCN1CC2CCC(C1)O2)C(N)=O. The number of morpholine rings is 1. The number of nitrogens with one attached hydrogen (secondary N) is 1. The number of nitrogens with two attached hydrogens (primary N) is 1. The Labute approximate surface area is 122 Å². The van der Waals surface area contributed by atoms with Crippen molar-refractivity contribution in [2.75, 3.05) is 19.6 Å². The summed E-state index contributed by atoms with van der Waals surface area (Å²) in [6, 6.07) is 0.256. The van der Waals surface area contributed by atoms with E-state index in [1.165, 1.54) is 12.8 Å². The Kier molecular flexibility index (Phi) is 5.04. The molecule has 2 aliphatic heterocycles. The molecule has 0 aromatic rings. The molecule has 5 heteroatoms. The minimum atomic E-state index is -0.598.